The summed E-state index contributed by atoms with van der Waals surface area (Å²) in [6, 6.07) is 14.5. The number of H-pyrrole nitrogens is 1. The molecule has 0 spiro atoms. The minimum Gasteiger partial charge on any atom is -0.506 e. The number of hydrogen-bond donors (Lipinski definition) is 2. The fraction of sp³-hybridized carbons (Fsp3) is 0.185. The van der Waals surface area contributed by atoms with Crippen molar-refractivity contribution in [1.82, 2.24) is 19.7 Å². The number of rotatable bonds is 6. The summed E-state index contributed by atoms with van der Waals surface area (Å²) in [6.45, 7) is 1.99. The Morgan fingerprint density at radius 1 is 1.15 bits per heavy atom. The second-order valence-corrected chi connectivity index (χ2v) is 9.05. The van der Waals surface area contributed by atoms with Crippen molar-refractivity contribution in [3.63, 3.8) is 0 Å². The summed E-state index contributed by atoms with van der Waals surface area (Å²) in [4.78, 5) is 51.3. The van der Waals surface area contributed by atoms with Crippen LogP contribution in [0.3, 0.4) is 0 Å². The zero-order valence-electron chi connectivity index (χ0n) is 21.0. The highest BCUT2D eigenvalue weighted by molar-refractivity contribution is 8.14. The van der Waals surface area contributed by atoms with Gasteiger partial charge in [-0.2, -0.15) is 5.10 Å². The van der Waals surface area contributed by atoms with Crippen molar-refractivity contribution >= 4 is 45.1 Å². The van der Waals surface area contributed by atoms with Crippen LogP contribution < -0.4 is 5.56 Å². The number of ether oxygens (including phenoxy) is 2. The third-order valence-corrected chi connectivity index (χ3v) is 6.77. The fourth-order valence-corrected chi connectivity index (χ4v) is 4.80. The van der Waals surface area contributed by atoms with Crippen LogP contribution in [0.2, 0.25) is 0 Å². The molecule has 5 rings (SSSR count). The molecule has 0 bridgehead atoms. The van der Waals surface area contributed by atoms with Crippen molar-refractivity contribution in [3.8, 4) is 5.75 Å². The zero-order valence-corrected chi connectivity index (χ0v) is 21.9. The van der Waals surface area contributed by atoms with Crippen molar-refractivity contribution in [3.05, 3.63) is 94.0 Å². The molecular weight excluding hydrogens is 524 g/mol. The van der Waals surface area contributed by atoms with E-state index in [0.29, 0.717) is 28.8 Å². The Labute approximate surface area is 226 Å². The Bertz CT molecular complexity index is 1630. The number of aromatic nitrogens is 4. The summed E-state index contributed by atoms with van der Waals surface area (Å²) >= 11 is 1.23. The molecule has 2 N–H and O–H groups in total. The number of nitrogens with one attached hydrogen (secondary N) is 1. The van der Waals surface area contributed by atoms with Crippen LogP contribution in [-0.2, 0) is 31.4 Å². The molecule has 0 saturated carbocycles. The maximum absolute atomic E-state index is 12.5. The summed E-state index contributed by atoms with van der Waals surface area (Å²) in [7, 11) is 1.29. The molecule has 39 heavy (non-hydrogen) atoms. The van der Waals surface area contributed by atoms with Gasteiger partial charge in [0, 0.05) is 17.7 Å². The average molecular weight is 549 g/mol. The third kappa shape index (κ3) is 5.75. The van der Waals surface area contributed by atoms with E-state index in [0.717, 1.165) is 11.1 Å². The molecule has 1 aliphatic heterocycles. The number of benzene rings is 2. The van der Waals surface area contributed by atoms with Gasteiger partial charge in [-0.1, -0.05) is 48.2 Å². The number of hydrogen-bond acceptors (Lipinski definition) is 10. The first kappa shape index (κ1) is 27.3. The summed E-state index contributed by atoms with van der Waals surface area (Å²) in [5.41, 5.74) is 2.19. The SMILES string of the molecule is CCn1c(=O)c(C(=O)c2ncn[nH]2)c(O)c2ccccc21.COC(=O)CO/C=C1\C(=O)SCc2ccccc21. The molecule has 0 amide bonds. The Morgan fingerprint density at radius 2 is 1.90 bits per heavy atom. The molecule has 12 heteroatoms. The number of nitrogens with zero attached hydrogens (tertiary/aromatic N) is 3. The predicted octanol–water partition coefficient (Wildman–Crippen LogP) is 3.07. The van der Waals surface area contributed by atoms with Gasteiger partial charge in [0.25, 0.3) is 5.56 Å². The number of thioether (sulfide) groups is 1. The van der Waals surface area contributed by atoms with E-state index < -0.39 is 17.3 Å². The second-order valence-electron chi connectivity index (χ2n) is 8.11. The van der Waals surface area contributed by atoms with Crippen molar-refractivity contribution in [2.45, 2.75) is 19.2 Å². The van der Waals surface area contributed by atoms with E-state index in [4.69, 9.17) is 4.74 Å². The van der Waals surface area contributed by atoms with Gasteiger partial charge in [-0.15, -0.1) is 0 Å². The number of carbonyl (C=O) groups is 3. The van der Waals surface area contributed by atoms with Crippen LogP contribution in [0.4, 0.5) is 0 Å². The smallest absolute Gasteiger partial charge is 0.343 e. The van der Waals surface area contributed by atoms with Gasteiger partial charge in [0.05, 0.1) is 24.5 Å². The van der Waals surface area contributed by atoms with Crippen LogP contribution in [0.5, 0.6) is 5.75 Å². The van der Waals surface area contributed by atoms with Crippen molar-refractivity contribution < 1.29 is 29.0 Å². The minimum atomic E-state index is -0.678. The Hall–Kier alpha value is -4.71. The van der Waals surface area contributed by atoms with Crippen LogP contribution in [0, 0.1) is 0 Å². The van der Waals surface area contributed by atoms with E-state index in [1.165, 1.54) is 36.0 Å². The topological polar surface area (TPSA) is 153 Å². The van der Waals surface area contributed by atoms with Crippen LogP contribution in [0.1, 0.15) is 34.2 Å². The molecule has 0 aliphatic carbocycles. The van der Waals surface area contributed by atoms with Gasteiger partial charge >= 0.3 is 5.97 Å². The van der Waals surface area contributed by atoms with E-state index in [2.05, 4.69) is 19.9 Å². The van der Waals surface area contributed by atoms with Crippen molar-refractivity contribution in [2.75, 3.05) is 13.7 Å². The molecule has 0 unspecified atom stereocenters. The van der Waals surface area contributed by atoms with Crippen LogP contribution in [0.25, 0.3) is 16.5 Å². The molecule has 200 valence electrons. The van der Waals surface area contributed by atoms with E-state index in [-0.39, 0.29) is 28.9 Å². The van der Waals surface area contributed by atoms with Crippen molar-refractivity contribution in [2.24, 2.45) is 0 Å². The summed E-state index contributed by atoms with van der Waals surface area (Å²) < 4.78 is 11.0. The lowest BCUT2D eigenvalue weighted by Gasteiger charge is -2.16. The number of aromatic amines is 1. The predicted molar refractivity (Wildman–Crippen MR) is 144 cm³/mol. The molecule has 2 aromatic heterocycles. The number of fused-ring (bicyclic) bond motifs is 2. The van der Waals surface area contributed by atoms with E-state index in [1.54, 1.807) is 31.2 Å². The van der Waals surface area contributed by atoms with Gasteiger partial charge in [-0.3, -0.25) is 19.5 Å². The number of pyridine rings is 1. The van der Waals surface area contributed by atoms with E-state index >= 15 is 0 Å². The number of para-hydroxylation sites is 1. The van der Waals surface area contributed by atoms with Crippen LogP contribution in [0.15, 0.2) is 65.9 Å². The number of esters is 1. The van der Waals surface area contributed by atoms with Gasteiger partial charge in [0.15, 0.2) is 12.4 Å². The standard InChI is InChI=1S/C14H12N4O3.C13H12O4S/c1-2-18-9-6-4-3-5-8(9)11(19)10(14(18)21)12(20)13-15-7-16-17-13;1-16-12(14)7-17-6-11-10-5-3-2-4-9(10)8-18-13(11)15/h3-7,19H,2H2,1H3,(H,15,16,17);2-6H,7-8H2,1H3/b;11-6-. The number of aromatic hydroxyl groups is 1. The molecule has 11 nitrogen and oxygen atoms in total. The Kier molecular flexibility index (Phi) is 8.56. The van der Waals surface area contributed by atoms with E-state index in [9.17, 15) is 24.3 Å². The van der Waals surface area contributed by atoms with Gasteiger partial charge in [-0.05, 0) is 30.2 Å². The molecule has 2 aromatic carbocycles. The highest BCUT2D eigenvalue weighted by Gasteiger charge is 2.25. The van der Waals surface area contributed by atoms with Crippen LogP contribution in [-0.4, -0.2) is 55.4 Å². The third-order valence-electron chi connectivity index (χ3n) is 5.84. The van der Waals surface area contributed by atoms with Gasteiger partial charge in [0.2, 0.25) is 10.9 Å². The summed E-state index contributed by atoms with van der Waals surface area (Å²) in [5, 5.41) is 16.7. The zero-order chi connectivity index (χ0) is 27.9. The molecule has 0 atom stereocenters. The highest BCUT2D eigenvalue weighted by atomic mass is 32.2. The normalized spacial score (nSPS) is 13.4. The molecule has 4 aromatic rings. The van der Waals surface area contributed by atoms with Gasteiger partial charge in [0.1, 0.15) is 17.6 Å². The number of methoxy groups -OCH3 is 1. The lowest BCUT2D eigenvalue weighted by molar-refractivity contribution is -0.144. The molecule has 0 saturated heterocycles. The first-order valence-corrected chi connectivity index (χ1v) is 12.7. The Balaban J connectivity index is 0.000000183. The van der Waals surface area contributed by atoms with Gasteiger partial charge in [-0.25, -0.2) is 9.78 Å². The average Bonchev–Trinajstić information content (AvgIpc) is 3.50. The highest BCUT2D eigenvalue weighted by Crippen LogP contribution is 2.33. The van der Waals surface area contributed by atoms with Crippen LogP contribution >= 0.6 is 11.8 Å². The Morgan fingerprint density at radius 3 is 2.62 bits per heavy atom. The first-order chi connectivity index (χ1) is 18.9. The lowest BCUT2D eigenvalue weighted by atomic mass is 10.0. The lowest BCUT2D eigenvalue weighted by Crippen LogP contribution is -2.27. The first-order valence-electron chi connectivity index (χ1n) is 11.8. The number of ketones is 1. The molecule has 3 heterocycles. The molecule has 0 fully saturated rings. The maximum atomic E-state index is 12.5. The minimum absolute atomic E-state index is 0.0430. The van der Waals surface area contributed by atoms with Crippen molar-refractivity contribution in [1.29, 1.82) is 0 Å². The largest absolute Gasteiger partial charge is 0.506 e. The van der Waals surface area contributed by atoms with E-state index in [1.807, 2.05) is 24.3 Å². The quantitative estimate of drug-likeness (QED) is 0.159. The molecule has 0 radical (unpaired) electrons. The molecule has 1 aliphatic rings. The fourth-order valence-electron chi connectivity index (χ4n) is 3.94. The number of aryl methyl sites for hydroxylation is 1. The number of carbonyl (C=O) groups excluding carboxylic acids is 3. The van der Waals surface area contributed by atoms with Gasteiger partial charge < -0.3 is 19.1 Å². The maximum Gasteiger partial charge on any atom is 0.343 e. The second kappa shape index (κ2) is 12.2. The summed E-state index contributed by atoms with van der Waals surface area (Å²) in [5.74, 6) is -0.898. The monoisotopic (exact) mass is 548 g/mol. The summed E-state index contributed by atoms with van der Waals surface area (Å²) in [6.07, 6.45) is 2.51. The molecular formula is C27H24N4O7S.